The first-order chi connectivity index (χ1) is 4.52. The third-order valence-corrected chi connectivity index (χ3v) is 1.17. The molecule has 1 aromatic heterocycles. The fourth-order valence-corrected chi connectivity index (χ4v) is 0.674. The van der Waals surface area contributed by atoms with E-state index in [4.69, 9.17) is 0 Å². The lowest BCUT2D eigenvalue weighted by Crippen LogP contribution is -2.18. The molecule has 0 aliphatic rings. The SMILES string of the molecule is FC(F)(F)n1nnnc1Br. The second-order valence-electron chi connectivity index (χ2n) is 1.33. The average molecular weight is 217 g/mol. The van der Waals surface area contributed by atoms with Crippen molar-refractivity contribution in [2.24, 2.45) is 0 Å². The summed E-state index contributed by atoms with van der Waals surface area (Å²) in [6, 6.07) is 0. The average Bonchev–Trinajstić information content (AvgIpc) is 2.11. The van der Waals surface area contributed by atoms with Gasteiger partial charge in [-0.05, 0) is 26.4 Å². The molecule has 0 fully saturated rings. The molecule has 1 rings (SSSR count). The van der Waals surface area contributed by atoms with Gasteiger partial charge in [0.25, 0.3) is 0 Å². The minimum absolute atomic E-state index is 0.285. The van der Waals surface area contributed by atoms with Crippen molar-refractivity contribution in [3.05, 3.63) is 4.73 Å². The van der Waals surface area contributed by atoms with Crippen molar-refractivity contribution < 1.29 is 13.2 Å². The van der Waals surface area contributed by atoms with Gasteiger partial charge in [-0.15, -0.1) is 23.0 Å². The van der Waals surface area contributed by atoms with E-state index < -0.39 is 11.0 Å². The Bertz CT molecular complexity index is 229. The summed E-state index contributed by atoms with van der Waals surface area (Å²) >= 11 is 2.51. The van der Waals surface area contributed by atoms with E-state index in [1.165, 1.54) is 0 Å². The smallest absolute Gasteiger partial charge is 0.149 e. The minimum Gasteiger partial charge on any atom is -0.149 e. The molecule has 0 unspecified atom stereocenters. The molecule has 0 aromatic carbocycles. The van der Waals surface area contributed by atoms with Crippen LogP contribution in [0, 0.1) is 0 Å². The number of nitrogens with zero attached hydrogens (tertiary/aromatic N) is 4. The first-order valence-electron chi connectivity index (χ1n) is 2.03. The maximum Gasteiger partial charge on any atom is 0.508 e. The van der Waals surface area contributed by atoms with Crippen LogP contribution in [0.25, 0.3) is 0 Å². The Morgan fingerprint density at radius 3 is 2.20 bits per heavy atom. The first kappa shape index (κ1) is 7.45. The number of tetrazole rings is 1. The maximum absolute atomic E-state index is 11.7. The van der Waals surface area contributed by atoms with Gasteiger partial charge in [0.15, 0.2) is 0 Å². The molecule has 8 heteroatoms. The highest BCUT2D eigenvalue weighted by molar-refractivity contribution is 9.10. The van der Waals surface area contributed by atoms with Crippen molar-refractivity contribution in [2.45, 2.75) is 6.30 Å². The summed E-state index contributed by atoms with van der Waals surface area (Å²) < 4.78 is 34.3. The Morgan fingerprint density at radius 2 is 2.00 bits per heavy atom. The molecule has 0 spiro atoms. The van der Waals surface area contributed by atoms with Crippen molar-refractivity contribution in [1.29, 1.82) is 0 Å². The van der Waals surface area contributed by atoms with E-state index in [1.54, 1.807) is 0 Å². The standard InChI is InChI=1S/C2BrF3N4/c3-1-7-8-9-10(1)2(4,5)6. The zero-order valence-electron chi connectivity index (χ0n) is 4.30. The van der Waals surface area contributed by atoms with Crippen LogP contribution in [-0.2, 0) is 6.30 Å². The molecular formula is C2BrF3N4. The highest BCUT2D eigenvalue weighted by atomic mass is 79.9. The molecule has 0 aliphatic carbocycles. The molecule has 1 heterocycles. The summed E-state index contributed by atoms with van der Waals surface area (Å²) in [7, 11) is 0. The lowest BCUT2D eigenvalue weighted by molar-refractivity contribution is -0.214. The summed E-state index contributed by atoms with van der Waals surface area (Å²) in [6.45, 7) is 0. The Kier molecular flexibility index (Phi) is 1.63. The van der Waals surface area contributed by atoms with Crippen molar-refractivity contribution in [2.75, 3.05) is 0 Å². The summed E-state index contributed by atoms with van der Waals surface area (Å²) in [6.07, 6.45) is -4.55. The summed E-state index contributed by atoms with van der Waals surface area (Å²) in [5.41, 5.74) is 0. The quantitative estimate of drug-likeness (QED) is 0.648. The largest absolute Gasteiger partial charge is 0.508 e. The lowest BCUT2D eigenvalue weighted by atomic mass is 11.1. The molecule has 0 amide bonds. The van der Waals surface area contributed by atoms with Crippen molar-refractivity contribution in [3.63, 3.8) is 0 Å². The molecule has 0 radical (unpaired) electrons. The maximum atomic E-state index is 11.7. The van der Waals surface area contributed by atoms with Gasteiger partial charge in [-0.1, -0.05) is 0 Å². The van der Waals surface area contributed by atoms with Gasteiger partial charge < -0.3 is 0 Å². The predicted octanol–water partition coefficient (Wildman–Crippen LogP) is 0.912. The third-order valence-electron chi connectivity index (χ3n) is 0.672. The number of aromatic nitrogens is 4. The summed E-state index contributed by atoms with van der Waals surface area (Å²) in [5, 5.41) is 8.44. The second-order valence-corrected chi connectivity index (χ2v) is 2.04. The van der Waals surface area contributed by atoms with E-state index >= 15 is 0 Å². The fourth-order valence-electron chi connectivity index (χ4n) is 0.331. The number of hydrogen-bond donors (Lipinski definition) is 0. The van der Waals surface area contributed by atoms with E-state index in [0.29, 0.717) is 0 Å². The molecule has 0 bridgehead atoms. The predicted molar refractivity (Wildman–Crippen MR) is 26.8 cm³/mol. The molecule has 4 nitrogen and oxygen atoms in total. The van der Waals surface area contributed by atoms with E-state index in [2.05, 4.69) is 31.5 Å². The number of hydrogen-bond acceptors (Lipinski definition) is 3. The molecule has 0 N–H and O–H groups in total. The Labute approximate surface area is 61.1 Å². The highest BCUT2D eigenvalue weighted by Gasteiger charge is 2.34. The van der Waals surface area contributed by atoms with Crippen LogP contribution in [0.2, 0.25) is 0 Å². The van der Waals surface area contributed by atoms with Crippen molar-refractivity contribution in [3.8, 4) is 0 Å². The summed E-state index contributed by atoms with van der Waals surface area (Å²) in [5.74, 6) is 0. The van der Waals surface area contributed by atoms with Gasteiger partial charge in [-0.3, -0.25) is 0 Å². The van der Waals surface area contributed by atoms with E-state index in [9.17, 15) is 13.2 Å². The second kappa shape index (κ2) is 2.19. The van der Waals surface area contributed by atoms with Gasteiger partial charge >= 0.3 is 6.30 Å². The van der Waals surface area contributed by atoms with Crippen LogP contribution < -0.4 is 0 Å². The van der Waals surface area contributed by atoms with Gasteiger partial charge in [0.1, 0.15) is 0 Å². The Hall–Kier alpha value is -0.660. The molecule has 0 saturated heterocycles. The number of alkyl halides is 3. The zero-order valence-corrected chi connectivity index (χ0v) is 5.89. The van der Waals surface area contributed by atoms with Crippen molar-refractivity contribution >= 4 is 15.9 Å². The van der Waals surface area contributed by atoms with Crippen LogP contribution >= 0.6 is 15.9 Å². The molecular weight excluding hydrogens is 217 g/mol. The van der Waals surface area contributed by atoms with Crippen LogP contribution in [0.15, 0.2) is 4.73 Å². The lowest BCUT2D eigenvalue weighted by Gasteiger charge is -2.02. The van der Waals surface area contributed by atoms with E-state index in [0.717, 1.165) is 0 Å². The van der Waals surface area contributed by atoms with E-state index in [1.807, 2.05) is 0 Å². The van der Waals surface area contributed by atoms with Crippen LogP contribution in [0.5, 0.6) is 0 Å². The molecule has 0 saturated carbocycles. The zero-order chi connectivity index (χ0) is 7.78. The Balaban J connectivity index is 3.05. The molecule has 0 aliphatic heterocycles. The van der Waals surface area contributed by atoms with Crippen LogP contribution in [-0.4, -0.2) is 20.2 Å². The van der Waals surface area contributed by atoms with Crippen LogP contribution in [0.1, 0.15) is 0 Å². The number of halogens is 4. The van der Waals surface area contributed by atoms with Gasteiger partial charge in [0, 0.05) is 0 Å². The molecule has 56 valence electrons. The fraction of sp³-hybridized carbons (Fsp3) is 0.500. The minimum atomic E-state index is -4.55. The highest BCUT2D eigenvalue weighted by Crippen LogP contribution is 2.23. The van der Waals surface area contributed by atoms with E-state index in [-0.39, 0.29) is 4.68 Å². The van der Waals surface area contributed by atoms with Gasteiger partial charge in [0.05, 0.1) is 0 Å². The first-order valence-corrected chi connectivity index (χ1v) is 2.82. The topological polar surface area (TPSA) is 43.6 Å². The monoisotopic (exact) mass is 216 g/mol. The van der Waals surface area contributed by atoms with Crippen LogP contribution in [0.3, 0.4) is 0 Å². The number of rotatable bonds is 0. The third kappa shape index (κ3) is 1.25. The van der Waals surface area contributed by atoms with Crippen molar-refractivity contribution in [1.82, 2.24) is 20.2 Å². The van der Waals surface area contributed by atoms with Gasteiger partial charge in [-0.2, -0.15) is 0 Å². The Morgan fingerprint density at radius 1 is 1.40 bits per heavy atom. The molecule has 1 aromatic rings. The van der Waals surface area contributed by atoms with Crippen LogP contribution in [0.4, 0.5) is 13.2 Å². The summed E-state index contributed by atoms with van der Waals surface area (Å²) in [4.78, 5) is 0. The molecule has 0 atom stereocenters. The van der Waals surface area contributed by atoms with Gasteiger partial charge in [0.2, 0.25) is 4.73 Å². The molecule has 10 heavy (non-hydrogen) atoms. The normalized spacial score (nSPS) is 12.0. The van der Waals surface area contributed by atoms with Gasteiger partial charge in [-0.25, -0.2) is 0 Å².